The van der Waals surface area contributed by atoms with Crippen LogP contribution in [0.25, 0.3) is 10.9 Å². The van der Waals surface area contributed by atoms with E-state index in [1.54, 1.807) is 0 Å². The highest BCUT2D eigenvalue weighted by molar-refractivity contribution is 14.1. The van der Waals surface area contributed by atoms with Gasteiger partial charge < -0.3 is 0 Å². The first-order chi connectivity index (χ1) is 5.27. The van der Waals surface area contributed by atoms with Crippen LogP contribution in [0, 0.1) is 7.14 Å². The lowest BCUT2D eigenvalue weighted by atomic mass is 10.3. The summed E-state index contributed by atoms with van der Waals surface area (Å²) in [6.07, 6.45) is 1.85. The molecule has 0 aliphatic rings. The molecule has 11 heavy (non-hydrogen) atoms. The minimum Gasteiger partial charge on any atom is -0.278 e. The van der Waals surface area contributed by atoms with Crippen LogP contribution in [0.4, 0.5) is 0 Å². The van der Waals surface area contributed by atoms with Crippen molar-refractivity contribution in [3.05, 3.63) is 25.5 Å². The molecule has 4 heteroatoms. The van der Waals surface area contributed by atoms with E-state index in [0.717, 1.165) is 5.52 Å². The lowest BCUT2D eigenvalue weighted by molar-refractivity contribution is 1.12. The van der Waals surface area contributed by atoms with E-state index in [9.17, 15) is 0 Å². The molecule has 2 nitrogen and oxygen atoms in total. The Morgan fingerprint density at radius 3 is 2.91 bits per heavy atom. The minimum absolute atomic E-state index is 1.11. The number of hydrogen-bond acceptors (Lipinski definition) is 1. The lowest BCUT2D eigenvalue weighted by Gasteiger charge is -1.93. The predicted octanol–water partition coefficient (Wildman–Crippen LogP) is 2.77. The summed E-state index contributed by atoms with van der Waals surface area (Å²) in [6.45, 7) is 0. The molecule has 1 N–H and O–H groups in total. The molecule has 2 rings (SSSR count). The second kappa shape index (κ2) is 2.89. The van der Waals surface area contributed by atoms with Gasteiger partial charge in [-0.3, -0.25) is 5.10 Å². The van der Waals surface area contributed by atoms with Gasteiger partial charge in [0, 0.05) is 12.5 Å². The number of rotatable bonds is 0. The van der Waals surface area contributed by atoms with Gasteiger partial charge >= 0.3 is 0 Å². The third-order valence-corrected chi connectivity index (χ3v) is 2.99. The van der Waals surface area contributed by atoms with Crippen LogP contribution in [0.5, 0.6) is 0 Å². The van der Waals surface area contributed by atoms with Crippen molar-refractivity contribution in [2.24, 2.45) is 0 Å². The van der Waals surface area contributed by atoms with E-state index in [1.807, 2.05) is 6.20 Å². The number of H-pyrrole nitrogens is 1. The first kappa shape index (κ1) is 7.78. The van der Waals surface area contributed by atoms with E-state index in [4.69, 9.17) is 0 Å². The smallest absolute Gasteiger partial charge is 0.0671 e. The summed E-state index contributed by atoms with van der Waals surface area (Å²) in [7, 11) is 0. The third-order valence-electron chi connectivity index (χ3n) is 1.47. The fourth-order valence-corrected chi connectivity index (χ4v) is 2.96. The molecule has 0 bridgehead atoms. The number of aromatic amines is 1. The number of nitrogens with one attached hydrogen (secondary N) is 1. The van der Waals surface area contributed by atoms with E-state index in [1.165, 1.54) is 12.5 Å². The van der Waals surface area contributed by atoms with Crippen LogP contribution < -0.4 is 0 Å². The van der Waals surface area contributed by atoms with Gasteiger partial charge in [-0.15, -0.1) is 0 Å². The Kier molecular flexibility index (Phi) is 2.04. The van der Waals surface area contributed by atoms with Crippen molar-refractivity contribution in [2.45, 2.75) is 0 Å². The molecule has 2 aromatic rings. The minimum atomic E-state index is 1.11. The summed E-state index contributed by atoms with van der Waals surface area (Å²) in [5, 5.41) is 8.11. The van der Waals surface area contributed by atoms with Gasteiger partial charge in [0.05, 0.1) is 11.7 Å². The maximum atomic E-state index is 3.97. The van der Waals surface area contributed by atoms with Crippen molar-refractivity contribution in [3.63, 3.8) is 0 Å². The van der Waals surface area contributed by atoms with Crippen molar-refractivity contribution in [2.75, 3.05) is 0 Å². The van der Waals surface area contributed by atoms with Crippen LogP contribution in [-0.2, 0) is 0 Å². The Balaban J connectivity index is 2.91. The molecule has 0 fully saturated rings. The number of nitrogens with zero attached hydrogens (tertiary/aromatic N) is 1. The SMILES string of the molecule is Ic1cc(I)c2cn[nH]c2c1. The standard InChI is InChI=1S/C7H4I2N2/c8-4-1-6(9)5-3-10-11-7(5)2-4/h1-3H,(H,10,11). The molecule has 0 amide bonds. The van der Waals surface area contributed by atoms with Crippen molar-refractivity contribution in [1.82, 2.24) is 10.2 Å². The second-order valence-electron chi connectivity index (χ2n) is 2.22. The third kappa shape index (κ3) is 1.37. The van der Waals surface area contributed by atoms with Gasteiger partial charge in [0.2, 0.25) is 0 Å². The summed E-state index contributed by atoms with van der Waals surface area (Å²) < 4.78 is 2.49. The van der Waals surface area contributed by atoms with Crippen LogP contribution in [0.1, 0.15) is 0 Å². The van der Waals surface area contributed by atoms with Crippen LogP contribution in [0.15, 0.2) is 18.3 Å². The normalized spacial score (nSPS) is 10.7. The van der Waals surface area contributed by atoms with E-state index in [2.05, 4.69) is 67.5 Å². The molecule has 0 radical (unpaired) electrons. The van der Waals surface area contributed by atoms with Gasteiger partial charge in [0.25, 0.3) is 0 Å². The Labute approximate surface area is 91.0 Å². The van der Waals surface area contributed by atoms with Crippen LogP contribution >= 0.6 is 45.2 Å². The summed E-state index contributed by atoms with van der Waals surface area (Å²) >= 11 is 4.61. The quantitative estimate of drug-likeness (QED) is 0.711. The summed E-state index contributed by atoms with van der Waals surface area (Å²) in [5.41, 5.74) is 1.11. The summed E-state index contributed by atoms with van der Waals surface area (Å²) in [5.74, 6) is 0. The molecular formula is C7H4I2N2. The van der Waals surface area contributed by atoms with Gasteiger partial charge in [0.1, 0.15) is 0 Å². The van der Waals surface area contributed by atoms with Crippen LogP contribution in [0.3, 0.4) is 0 Å². The number of halogens is 2. The number of fused-ring (bicyclic) bond motifs is 1. The van der Waals surface area contributed by atoms with Crippen molar-refractivity contribution < 1.29 is 0 Å². The van der Waals surface area contributed by atoms with Gasteiger partial charge in [-0.05, 0) is 57.3 Å². The van der Waals surface area contributed by atoms with E-state index in [-0.39, 0.29) is 0 Å². The number of benzene rings is 1. The molecule has 0 aliphatic heterocycles. The summed E-state index contributed by atoms with van der Waals surface area (Å²) in [4.78, 5) is 0. The first-order valence-corrected chi connectivity index (χ1v) is 5.21. The molecule has 0 spiro atoms. The summed E-state index contributed by atoms with van der Waals surface area (Å²) in [6, 6.07) is 4.23. The average Bonchev–Trinajstić information content (AvgIpc) is 2.34. The van der Waals surface area contributed by atoms with Gasteiger partial charge in [0.15, 0.2) is 0 Å². The van der Waals surface area contributed by atoms with Crippen LogP contribution in [-0.4, -0.2) is 10.2 Å². The second-order valence-corrected chi connectivity index (χ2v) is 4.63. The maximum absolute atomic E-state index is 3.97. The molecular weight excluding hydrogens is 366 g/mol. The molecule has 56 valence electrons. The monoisotopic (exact) mass is 370 g/mol. The molecule has 0 unspecified atom stereocenters. The molecule has 1 heterocycles. The fraction of sp³-hybridized carbons (Fsp3) is 0. The Hall–Kier alpha value is 0.150. The zero-order chi connectivity index (χ0) is 7.84. The molecule has 0 saturated heterocycles. The lowest BCUT2D eigenvalue weighted by Crippen LogP contribution is -1.76. The van der Waals surface area contributed by atoms with Gasteiger partial charge in [-0.1, -0.05) is 0 Å². The highest BCUT2D eigenvalue weighted by atomic mass is 127. The molecule has 1 aromatic carbocycles. The first-order valence-electron chi connectivity index (χ1n) is 3.05. The van der Waals surface area contributed by atoms with Crippen molar-refractivity contribution in [1.29, 1.82) is 0 Å². The van der Waals surface area contributed by atoms with Gasteiger partial charge in [-0.2, -0.15) is 5.10 Å². The van der Waals surface area contributed by atoms with Gasteiger partial charge in [-0.25, -0.2) is 0 Å². The molecule has 1 aromatic heterocycles. The Morgan fingerprint density at radius 1 is 1.27 bits per heavy atom. The number of hydrogen-bond donors (Lipinski definition) is 1. The van der Waals surface area contributed by atoms with Crippen molar-refractivity contribution in [3.8, 4) is 0 Å². The van der Waals surface area contributed by atoms with E-state index in [0.29, 0.717) is 0 Å². The highest BCUT2D eigenvalue weighted by Crippen LogP contribution is 2.21. The zero-order valence-corrected chi connectivity index (χ0v) is 9.75. The van der Waals surface area contributed by atoms with Crippen molar-refractivity contribution >= 4 is 56.1 Å². The van der Waals surface area contributed by atoms with E-state index >= 15 is 0 Å². The zero-order valence-electron chi connectivity index (χ0n) is 5.44. The fourth-order valence-electron chi connectivity index (χ4n) is 0.975. The Morgan fingerprint density at radius 2 is 2.09 bits per heavy atom. The maximum Gasteiger partial charge on any atom is 0.0671 e. The molecule has 0 saturated carbocycles. The highest BCUT2D eigenvalue weighted by Gasteiger charge is 2.00. The predicted molar refractivity (Wildman–Crippen MR) is 61.5 cm³/mol. The number of aromatic nitrogens is 2. The topological polar surface area (TPSA) is 28.7 Å². The van der Waals surface area contributed by atoms with Crippen LogP contribution in [0.2, 0.25) is 0 Å². The van der Waals surface area contributed by atoms with E-state index < -0.39 is 0 Å². The molecule has 0 atom stereocenters. The largest absolute Gasteiger partial charge is 0.278 e. The molecule has 0 aliphatic carbocycles. The average molecular weight is 370 g/mol. The Bertz CT molecular complexity index is 394.